The Balaban J connectivity index is 1.69. The van der Waals surface area contributed by atoms with Crippen LogP contribution < -0.4 is 16.4 Å². The van der Waals surface area contributed by atoms with E-state index in [-0.39, 0.29) is 32.6 Å². The monoisotopic (exact) mass is 467 g/mol. The van der Waals surface area contributed by atoms with E-state index in [9.17, 15) is 19.6 Å². The maximum Gasteiger partial charge on any atom is 0.350 e. The van der Waals surface area contributed by atoms with Gasteiger partial charge >= 0.3 is 5.97 Å². The first-order valence-electron chi connectivity index (χ1n) is 9.08. The molecule has 0 fully saturated rings. The minimum atomic E-state index is -0.548. The van der Waals surface area contributed by atoms with Crippen LogP contribution in [0.1, 0.15) is 25.6 Å². The Bertz CT molecular complexity index is 1200. The van der Waals surface area contributed by atoms with Crippen molar-refractivity contribution < 1.29 is 19.1 Å². The van der Waals surface area contributed by atoms with Crippen LogP contribution in [0.2, 0.25) is 0 Å². The zero-order chi connectivity index (χ0) is 23.1. The topological polar surface area (TPSA) is 147 Å². The van der Waals surface area contributed by atoms with Crippen molar-refractivity contribution in [3.05, 3.63) is 63.8 Å². The number of anilines is 3. The fourth-order valence-electron chi connectivity index (χ4n) is 2.58. The molecular formula is C21H17N5O4S2. The highest BCUT2D eigenvalue weighted by atomic mass is 32.2. The van der Waals surface area contributed by atoms with E-state index in [0.717, 1.165) is 23.1 Å². The highest BCUT2D eigenvalue weighted by Gasteiger charge is 2.19. The number of pyridine rings is 1. The molecule has 0 spiro atoms. The van der Waals surface area contributed by atoms with E-state index in [1.807, 2.05) is 12.1 Å². The Hall–Kier alpha value is -3.88. The number of nitrogens with one attached hydrogen (secondary N) is 2. The summed E-state index contributed by atoms with van der Waals surface area (Å²) in [6, 6.07) is 13.7. The number of carbonyl (C=O) groups excluding carboxylic acids is 3. The number of nitriles is 1. The van der Waals surface area contributed by atoms with Crippen molar-refractivity contribution >= 4 is 58.1 Å². The number of para-hydroxylation sites is 1. The first-order chi connectivity index (χ1) is 15.4. The number of methoxy groups -OCH3 is 1. The third-order valence-electron chi connectivity index (χ3n) is 4.06. The Labute approximate surface area is 191 Å². The lowest BCUT2D eigenvalue weighted by atomic mass is 10.2. The first-order valence-corrected chi connectivity index (χ1v) is 10.9. The van der Waals surface area contributed by atoms with Gasteiger partial charge < -0.3 is 21.1 Å². The van der Waals surface area contributed by atoms with Gasteiger partial charge in [-0.15, -0.1) is 11.3 Å². The number of aromatic nitrogens is 1. The van der Waals surface area contributed by atoms with Crippen LogP contribution in [0.15, 0.2) is 52.9 Å². The van der Waals surface area contributed by atoms with E-state index in [1.165, 1.54) is 13.2 Å². The van der Waals surface area contributed by atoms with E-state index in [4.69, 9.17) is 5.73 Å². The van der Waals surface area contributed by atoms with Gasteiger partial charge in [0.15, 0.2) is 0 Å². The molecule has 162 valence electrons. The molecule has 2 heterocycles. The minimum Gasteiger partial charge on any atom is -0.465 e. The third-order valence-corrected chi connectivity index (χ3v) is 5.95. The molecule has 4 N–H and O–H groups in total. The van der Waals surface area contributed by atoms with Crippen LogP contribution in [0.3, 0.4) is 0 Å². The van der Waals surface area contributed by atoms with Gasteiger partial charge in [0, 0.05) is 5.69 Å². The Kier molecular flexibility index (Phi) is 7.43. The molecule has 2 aromatic heterocycles. The fourth-order valence-corrected chi connectivity index (χ4v) is 4.11. The van der Waals surface area contributed by atoms with Crippen molar-refractivity contribution in [3.8, 4) is 6.07 Å². The molecule has 9 nitrogen and oxygen atoms in total. The van der Waals surface area contributed by atoms with E-state index in [1.54, 1.807) is 35.7 Å². The molecule has 0 aliphatic rings. The quantitative estimate of drug-likeness (QED) is 0.354. The van der Waals surface area contributed by atoms with Crippen LogP contribution in [0.4, 0.5) is 17.2 Å². The second-order valence-electron chi connectivity index (χ2n) is 6.20. The number of ether oxygens (including phenoxy) is 1. The molecule has 0 aliphatic carbocycles. The van der Waals surface area contributed by atoms with Gasteiger partial charge in [0.25, 0.3) is 5.91 Å². The van der Waals surface area contributed by atoms with E-state index >= 15 is 0 Å². The number of thioether (sulfide) groups is 1. The van der Waals surface area contributed by atoms with Gasteiger partial charge in [0.2, 0.25) is 5.91 Å². The largest absolute Gasteiger partial charge is 0.465 e. The molecule has 11 heteroatoms. The summed E-state index contributed by atoms with van der Waals surface area (Å²) < 4.78 is 4.68. The predicted molar refractivity (Wildman–Crippen MR) is 123 cm³/mol. The van der Waals surface area contributed by atoms with Crippen molar-refractivity contribution in [2.24, 2.45) is 0 Å². The van der Waals surface area contributed by atoms with Gasteiger partial charge in [-0.05, 0) is 29.6 Å². The van der Waals surface area contributed by atoms with Gasteiger partial charge in [-0.3, -0.25) is 9.59 Å². The highest BCUT2D eigenvalue weighted by molar-refractivity contribution is 8.00. The smallest absolute Gasteiger partial charge is 0.350 e. The molecule has 0 saturated carbocycles. The maximum absolute atomic E-state index is 12.5. The summed E-state index contributed by atoms with van der Waals surface area (Å²) in [7, 11) is 1.26. The van der Waals surface area contributed by atoms with E-state index in [0.29, 0.717) is 11.4 Å². The summed E-state index contributed by atoms with van der Waals surface area (Å²) >= 11 is 2.14. The second-order valence-corrected chi connectivity index (χ2v) is 8.08. The number of hydrogen-bond acceptors (Lipinski definition) is 9. The zero-order valence-corrected chi connectivity index (χ0v) is 18.4. The van der Waals surface area contributed by atoms with Crippen molar-refractivity contribution in [1.29, 1.82) is 5.26 Å². The number of esters is 1. The van der Waals surface area contributed by atoms with Crippen molar-refractivity contribution in [1.82, 2.24) is 4.98 Å². The average Bonchev–Trinajstić information content (AvgIpc) is 3.25. The summed E-state index contributed by atoms with van der Waals surface area (Å²) in [6.07, 6.45) is 0. The zero-order valence-electron chi connectivity index (χ0n) is 16.7. The summed E-state index contributed by atoms with van der Waals surface area (Å²) in [5.41, 5.74) is 7.02. The van der Waals surface area contributed by atoms with Crippen LogP contribution in [-0.4, -0.2) is 35.6 Å². The molecule has 0 unspecified atom stereocenters. The summed E-state index contributed by atoms with van der Waals surface area (Å²) in [5, 5.41) is 16.7. The number of benzene rings is 1. The molecule has 1 aromatic carbocycles. The van der Waals surface area contributed by atoms with Crippen LogP contribution >= 0.6 is 23.1 Å². The van der Waals surface area contributed by atoms with Crippen LogP contribution in [-0.2, 0) is 9.53 Å². The Morgan fingerprint density at radius 3 is 2.66 bits per heavy atom. The molecule has 0 saturated heterocycles. The lowest BCUT2D eigenvalue weighted by Gasteiger charge is -2.10. The van der Waals surface area contributed by atoms with Crippen molar-refractivity contribution in [2.45, 2.75) is 5.03 Å². The van der Waals surface area contributed by atoms with Gasteiger partial charge in [0.1, 0.15) is 21.8 Å². The Morgan fingerprint density at radius 2 is 1.97 bits per heavy atom. The van der Waals surface area contributed by atoms with Crippen LogP contribution in [0.25, 0.3) is 0 Å². The number of nitrogen functional groups attached to an aromatic ring is 1. The van der Waals surface area contributed by atoms with Crippen LogP contribution in [0, 0.1) is 11.3 Å². The molecule has 3 aromatic rings. The molecule has 0 aliphatic heterocycles. The molecule has 3 rings (SSSR count). The molecule has 0 atom stereocenters. The predicted octanol–water partition coefficient (Wildman–Crippen LogP) is 3.37. The molecule has 32 heavy (non-hydrogen) atoms. The van der Waals surface area contributed by atoms with Gasteiger partial charge in [-0.1, -0.05) is 30.0 Å². The number of amides is 2. The highest BCUT2D eigenvalue weighted by Crippen LogP contribution is 2.26. The van der Waals surface area contributed by atoms with Gasteiger partial charge in [-0.2, -0.15) is 5.26 Å². The first kappa shape index (κ1) is 22.8. The SMILES string of the molecule is COC(=O)c1sccc1NC(=O)CSc1nc(N)c(C(=O)Nc2ccccc2)cc1C#N. The van der Waals surface area contributed by atoms with Crippen molar-refractivity contribution in [2.75, 3.05) is 29.2 Å². The number of nitrogens with two attached hydrogens (primary N) is 1. The number of rotatable bonds is 7. The third kappa shape index (κ3) is 5.42. The van der Waals surface area contributed by atoms with E-state index < -0.39 is 17.8 Å². The summed E-state index contributed by atoms with van der Waals surface area (Å²) in [4.78, 5) is 41.0. The van der Waals surface area contributed by atoms with Crippen LogP contribution in [0.5, 0.6) is 0 Å². The van der Waals surface area contributed by atoms with Crippen molar-refractivity contribution in [3.63, 3.8) is 0 Å². The Morgan fingerprint density at radius 1 is 1.22 bits per heavy atom. The standard InChI is InChI=1S/C21H17N5O4S2/c1-30-21(29)17-15(7-8-31-17)25-16(27)11-32-20-12(10-22)9-14(18(23)26-20)19(28)24-13-5-3-2-4-6-13/h2-9H,11H2,1H3,(H2,23,26)(H,24,28)(H,25,27). The number of carbonyl (C=O) groups is 3. The minimum absolute atomic E-state index is 0.0557. The summed E-state index contributed by atoms with van der Waals surface area (Å²) in [6.45, 7) is 0. The normalized spacial score (nSPS) is 10.1. The molecule has 0 bridgehead atoms. The van der Waals surface area contributed by atoms with Gasteiger partial charge in [0.05, 0.1) is 29.7 Å². The number of thiophene rings is 1. The lowest BCUT2D eigenvalue weighted by molar-refractivity contribution is -0.113. The van der Waals surface area contributed by atoms with Gasteiger partial charge in [-0.25, -0.2) is 9.78 Å². The number of hydrogen-bond donors (Lipinski definition) is 3. The molecule has 0 radical (unpaired) electrons. The lowest BCUT2D eigenvalue weighted by Crippen LogP contribution is -2.17. The fraction of sp³-hybridized carbons (Fsp3) is 0.0952. The number of nitrogens with zero attached hydrogens (tertiary/aromatic N) is 2. The average molecular weight is 468 g/mol. The maximum atomic E-state index is 12.5. The second kappa shape index (κ2) is 10.4. The molecule has 2 amide bonds. The van der Waals surface area contributed by atoms with E-state index in [2.05, 4.69) is 20.4 Å². The molecular weight excluding hydrogens is 450 g/mol. The summed E-state index contributed by atoms with van der Waals surface area (Å²) in [5.74, 6) is -1.61.